The van der Waals surface area contributed by atoms with Gasteiger partial charge >= 0.3 is 5.97 Å². The van der Waals surface area contributed by atoms with Crippen molar-refractivity contribution in [1.82, 2.24) is 0 Å². The molecule has 0 atom stereocenters. The molecule has 3 aromatic carbocycles. The summed E-state index contributed by atoms with van der Waals surface area (Å²) in [7, 11) is 0. The molecule has 0 radical (unpaired) electrons. The van der Waals surface area contributed by atoms with Crippen molar-refractivity contribution in [3.63, 3.8) is 0 Å². The van der Waals surface area contributed by atoms with E-state index in [0.717, 1.165) is 25.7 Å². The Morgan fingerprint density at radius 2 is 1.09 bits per heavy atom. The molecule has 0 bridgehead atoms. The number of hydrogen-bond acceptors (Lipinski definition) is 3. The van der Waals surface area contributed by atoms with Crippen molar-refractivity contribution in [2.24, 2.45) is 0 Å². The molecule has 0 aliphatic carbocycles. The highest BCUT2D eigenvalue weighted by Gasteiger charge is 2.26. The summed E-state index contributed by atoms with van der Waals surface area (Å²) in [5, 5.41) is 3.56. The van der Waals surface area contributed by atoms with Gasteiger partial charge in [0.05, 0.1) is 6.61 Å². The minimum Gasteiger partial charge on any atom is -0.466 e. The van der Waals surface area contributed by atoms with Crippen LogP contribution >= 0.6 is 6.89 Å². The van der Waals surface area contributed by atoms with Gasteiger partial charge in [-0.25, -0.2) is 0 Å². The molecule has 0 aliphatic rings. The number of benzene rings is 3. The van der Waals surface area contributed by atoms with E-state index in [1.165, 1.54) is 15.9 Å². The minimum absolute atomic E-state index is 0.134. The van der Waals surface area contributed by atoms with Crippen molar-refractivity contribution >= 4 is 40.3 Å². The normalized spacial score (nSPS) is 11.1. The zero-order valence-electron chi connectivity index (χ0n) is 19.4. The Morgan fingerprint density at radius 1 is 0.667 bits per heavy atom. The number of ether oxygens (including phenoxy) is 1. The zero-order valence-corrected chi connectivity index (χ0v) is 20.3. The summed E-state index contributed by atoms with van der Waals surface area (Å²) in [4.78, 5) is 24.8. The molecule has 0 saturated heterocycles. The maximum Gasteiger partial charge on any atom is 0.305 e. The lowest BCUT2D eigenvalue weighted by atomic mass is 10.1. The van der Waals surface area contributed by atoms with Crippen molar-refractivity contribution in [2.75, 3.05) is 6.61 Å². The summed E-state index contributed by atoms with van der Waals surface area (Å²) in [5.41, 5.74) is 0. The number of unbranched alkanes of at least 4 members (excludes halogenated alkanes) is 3. The molecule has 0 N–H and O–H groups in total. The average Bonchev–Trinajstić information content (AvgIpc) is 2.86. The largest absolute Gasteiger partial charge is 0.466 e. The van der Waals surface area contributed by atoms with Crippen LogP contribution < -0.4 is 15.9 Å². The fourth-order valence-corrected chi connectivity index (χ4v) is 7.93. The number of hydrogen-bond donors (Lipinski definition) is 0. The number of Topliss-reactive ketones (excluding diaryl/α,β-unsaturated/α-hetero) is 1. The number of ketones is 1. The SMILES string of the molecule is CCOC(=O)CCCCCCC(=O)C=P(c1ccccc1)(c1ccccc1)c1ccccc1. The van der Waals surface area contributed by atoms with Crippen LogP contribution in [0.5, 0.6) is 0 Å². The van der Waals surface area contributed by atoms with Gasteiger partial charge in [-0.2, -0.15) is 0 Å². The van der Waals surface area contributed by atoms with Gasteiger partial charge in [-0.1, -0.05) is 104 Å². The Hall–Kier alpha value is -2.90. The lowest BCUT2D eigenvalue weighted by molar-refractivity contribution is -0.143. The van der Waals surface area contributed by atoms with Crippen LogP contribution in [0.2, 0.25) is 0 Å². The molecule has 0 unspecified atom stereocenters. The van der Waals surface area contributed by atoms with E-state index in [1.807, 2.05) is 30.9 Å². The van der Waals surface area contributed by atoms with Crippen molar-refractivity contribution in [3.05, 3.63) is 91.0 Å². The number of rotatable bonds is 12. The van der Waals surface area contributed by atoms with E-state index < -0.39 is 6.89 Å². The van der Waals surface area contributed by atoms with Crippen LogP contribution in [0.15, 0.2) is 91.0 Å². The van der Waals surface area contributed by atoms with Crippen LogP contribution in [-0.2, 0) is 14.3 Å². The van der Waals surface area contributed by atoms with Crippen LogP contribution in [0.1, 0.15) is 45.4 Å². The lowest BCUT2D eigenvalue weighted by Gasteiger charge is -2.28. The van der Waals surface area contributed by atoms with E-state index in [0.29, 0.717) is 19.4 Å². The second kappa shape index (κ2) is 13.0. The van der Waals surface area contributed by atoms with Crippen LogP contribution in [-0.4, -0.2) is 24.2 Å². The van der Waals surface area contributed by atoms with Gasteiger partial charge in [0.25, 0.3) is 0 Å². The van der Waals surface area contributed by atoms with Gasteiger partial charge in [-0.05, 0) is 48.4 Å². The fourth-order valence-electron chi connectivity index (χ4n) is 4.10. The molecule has 3 aromatic rings. The molecule has 0 heterocycles. The Labute approximate surface area is 197 Å². The van der Waals surface area contributed by atoms with E-state index in [4.69, 9.17) is 4.74 Å². The first-order chi connectivity index (χ1) is 16.2. The predicted molar refractivity (Wildman–Crippen MR) is 141 cm³/mol. The summed E-state index contributed by atoms with van der Waals surface area (Å²) < 4.78 is 4.97. The first-order valence-corrected chi connectivity index (χ1v) is 13.6. The molecule has 4 heteroatoms. The standard InChI is InChI=1S/C29H33O3P/c1-2-32-29(31)23-15-4-3-8-16-25(30)24-33(26-17-9-5-10-18-26,27-19-11-6-12-20-27)28-21-13-7-14-22-28/h5-7,9-14,17-22,24H,2-4,8,15-16,23H2,1H3. The molecule has 3 nitrogen and oxygen atoms in total. The number of esters is 1. The fraction of sp³-hybridized carbons (Fsp3) is 0.276. The van der Waals surface area contributed by atoms with Gasteiger partial charge in [0, 0.05) is 12.8 Å². The summed E-state index contributed by atoms with van der Waals surface area (Å²) in [6.07, 6.45) is 4.49. The van der Waals surface area contributed by atoms with E-state index >= 15 is 0 Å². The third-order valence-electron chi connectivity index (χ3n) is 5.69. The van der Waals surface area contributed by atoms with Gasteiger partial charge in [0.1, 0.15) is 0 Å². The molecular weight excluding hydrogens is 427 g/mol. The van der Waals surface area contributed by atoms with E-state index in [1.54, 1.807) is 0 Å². The highest BCUT2D eigenvalue weighted by molar-refractivity contribution is 7.95. The summed E-state index contributed by atoms with van der Waals surface area (Å²) in [5.74, 6) is 2.07. The first-order valence-electron chi connectivity index (χ1n) is 11.8. The maximum atomic E-state index is 13.3. The molecule has 33 heavy (non-hydrogen) atoms. The molecule has 0 aliphatic heterocycles. The Morgan fingerprint density at radius 3 is 1.52 bits per heavy atom. The topological polar surface area (TPSA) is 43.4 Å². The predicted octanol–water partition coefficient (Wildman–Crippen LogP) is 5.26. The van der Waals surface area contributed by atoms with Gasteiger partial charge in [0.2, 0.25) is 0 Å². The Kier molecular flexibility index (Phi) is 9.72. The molecule has 0 aromatic heterocycles. The second-order valence-corrected chi connectivity index (χ2v) is 11.3. The highest BCUT2D eigenvalue weighted by Crippen LogP contribution is 2.43. The van der Waals surface area contributed by atoms with E-state index in [-0.39, 0.29) is 11.8 Å². The highest BCUT2D eigenvalue weighted by atomic mass is 31.2. The molecule has 3 rings (SSSR count). The van der Waals surface area contributed by atoms with E-state index in [2.05, 4.69) is 72.8 Å². The molecular formula is C29H33O3P. The van der Waals surface area contributed by atoms with Crippen LogP contribution in [0.4, 0.5) is 0 Å². The number of carbonyl (C=O) groups is 2. The summed E-state index contributed by atoms with van der Waals surface area (Å²) in [6, 6.07) is 31.3. The first kappa shape index (κ1) is 24.7. The van der Waals surface area contributed by atoms with Crippen molar-refractivity contribution in [2.45, 2.75) is 45.4 Å². The zero-order chi connectivity index (χ0) is 23.4. The van der Waals surface area contributed by atoms with Gasteiger partial charge in [-0.3, -0.25) is 9.59 Å². The van der Waals surface area contributed by atoms with Crippen LogP contribution in [0, 0.1) is 0 Å². The third kappa shape index (κ3) is 6.79. The summed E-state index contributed by atoms with van der Waals surface area (Å²) >= 11 is 0. The average molecular weight is 461 g/mol. The molecule has 0 saturated carbocycles. The third-order valence-corrected chi connectivity index (χ3v) is 9.70. The van der Waals surface area contributed by atoms with Gasteiger partial charge in [0.15, 0.2) is 5.78 Å². The second-order valence-electron chi connectivity index (χ2n) is 8.04. The Balaban J connectivity index is 1.84. The number of carbonyl (C=O) groups excluding carboxylic acids is 2. The molecule has 172 valence electrons. The van der Waals surface area contributed by atoms with Crippen molar-refractivity contribution < 1.29 is 14.3 Å². The minimum atomic E-state index is -2.23. The molecule has 0 spiro atoms. The maximum absolute atomic E-state index is 13.3. The molecule has 0 fully saturated rings. The Bertz CT molecular complexity index is 956. The van der Waals surface area contributed by atoms with Crippen molar-refractivity contribution in [3.8, 4) is 0 Å². The van der Waals surface area contributed by atoms with E-state index in [9.17, 15) is 9.59 Å². The lowest BCUT2D eigenvalue weighted by Crippen LogP contribution is -2.28. The van der Waals surface area contributed by atoms with Gasteiger partial charge in [-0.15, -0.1) is 0 Å². The smallest absolute Gasteiger partial charge is 0.305 e. The molecule has 0 amide bonds. The summed E-state index contributed by atoms with van der Waals surface area (Å²) in [6.45, 7) is 0.0240. The monoisotopic (exact) mass is 460 g/mol. The van der Waals surface area contributed by atoms with Crippen molar-refractivity contribution in [1.29, 1.82) is 0 Å². The van der Waals surface area contributed by atoms with Crippen LogP contribution in [0.3, 0.4) is 0 Å². The quantitative estimate of drug-likeness (QED) is 0.211. The van der Waals surface area contributed by atoms with Gasteiger partial charge < -0.3 is 4.74 Å². The van der Waals surface area contributed by atoms with Crippen LogP contribution in [0.25, 0.3) is 0 Å².